The summed E-state index contributed by atoms with van der Waals surface area (Å²) in [6.07, 6.45) is 7.24. The molecule has 0 aliphatic carbocycles. The molecule has 0 aliphatic heterocycles. The van der Waals surface area contributed by atoms with Crippen molar-refractivity contribution in [2.24, 2.45) is 0 Å². The molecule has 7 heteroatoms. The Kier molecular flexibility index (Phi) is 3.54. The van der Waals surface area contributed by atoms with Gasteiger partial charge in [0, 0.05) is 24.5 Å². The summed E-state index contributed by atoms with van der Waals surface area (Å²) in [4.78, 5) is 0. The maximum Gasteiger partial charge on any atom is 0.170 e. The molecule has 0 saturated heterocycles. The lowest BCUT2D eigenvalue weighted by Gasteiger charge is -2.10. The molecule has 6 rings (SSSR count). The lowest BCUT2D eigenvalue weighted by Crippen LogP contribution is -1.97. The molecule has 6 aromatic rings. The number of thiophene rings is 1. The Labute approximate surface area is 169 Å². The van der Waals surface area contributed by atoms with Gasteiger partial charge in [-0.15, -0.1) is 11.3 Å². The Morgan fingerprint density at radius 2 is 1.69 bits per heavy atom. The van der Waals surface area contributed by atoms with Crippen molar-refractivity contribution in [3.63, 3.8) is 0 Å². The fraction of sp³-hybridized carbons (Fsp3) is 0. The number of hydrogen-bond acceptors (Lipinski definition) is 5. The Balaban J connectivity index is 1.37. The maximum atomic E-state index is 6.12. The van der Waals surface area contributed by atoms with Crippen molar-refractivity contribution in [3.8, 4) is 22.9 Å². The quantitative estimate of drug-likeness (QED) is 0.376. The molecule has 0 saturated carbocycles. The lowest BCUT2D eigenvalue weighted by atomic mass is 10.2. The van der Waals surface area contributed by atoms with Gasteiger partial charge >= 0.3 is 0 Å². The molecule has 0 spiro atoms. The first-order chi connectivity index (χ1) is 14.3. The number of hydrogen-bond donors (Lipinski definition) is 0. The molecule has 4 aromatic heterocycles. The van der Waals surface area contributed by atoms with Gasteiger partial charge in [0.2, 0.25) is 0 Å². The summed E-state index contributed by atoms with van der Waals surface area (Å²) in [6.45, 7) is 0. The third-order valence-electron chi connectivity index (χ3n) is 4.68. The summed E-state index contributed by atoms with van der Waals surface area (Å²) in [6, 6.07) is 19.6. The van der Waals surface area contributed by atoms with Crippen molar-refractivity contribution in [3.05, 3.63) is 85.5 Å². The Bertz CT molecular complexity index is 1440. The van der Waals surface area contributed by atoms with Crippen LogP contribution >= 0.6 is 11.3 Å². The molecule has 0 aliphatic rings. The number of furan rings is 1. The van der Waals surface area contributed by atoms with Crippen LogP contribution in [0.3, 0.4) is 0 Å². The Hall–Kier alpha value is -3.84. The van der Waals surface area contributed by atoms with Gasteiger partial charge < -0.3 is 9.15 Å². The summed E-state index contributed by atoms with van der Waals surface area (Å²) >= 11 is 1.67. The van der Waals surface area contributed by atoms with Gasteiger partial charge in [-0.1, -0.05) is 12.1 Å². The highest BCUT2D eigenvalue weighted by atomic mass is 32.1. The SMILES string of the molecule is c1cc(Oc2cccc(-n3ncc4sc5ccoc5c43)c2)cc(-n2cccn2)c1. The third-order valence-corrected chi connectivity index (χ3v) is 5.74. The summed E-state index contributed by atoms with van der Waals surface area (Å²) < 4.78 is 17.7. The largest absolute Gasteiger partial charge is 0.461 e. The van der Waals surface area contributed by atoms with Crippen LogP contribution < -0.4 is 4.74 Å². The molecule has 0 amide bonds. The first kappa shape index (κ1) is 16.1. The number of rotatable bonds is 4. The van der Waals surface area contributed by atoms with Crippen LogP contribution in [0.2, 0.25) is 0 Å². The monoisotopic (exact) mass is 398 g/mol. The zero-order valence-corrected chi connectivity index (χ0v) is 15.9. The predicted molar refractivity (Wildman–Crippen MR) is 112 cm³/mol. The minimum Gasteiger partial charge on any atom is -0.461 e. The lowest BCUT2D eigenvalue weighted by molar-refractivity contribution is 0.482. The summed E-state index contributed by atoms with van der Waals surface area (Å²) in [5.41, 5.74) is 3.70. The standard InChI is InChI=1S/C22H14N4O2S/c1-4-15(25-10-3-9-23-25)12-17(6-1)28-18-7-2-5-16(13-18)26-21-20(14-24-26)29-19-8-11-27-22(19)21/h1-14H. The smallest absolute Gasteiger partial charge is 0.170 e. The highest BCUT2D eigenvalue weighted by Crippen LogP contribution is 2.36. The van der Waals surface area contributed by atoms with Crippen LogP contribution in [-0.4, -0.2) is 19.6 Å². The van der Waals surface area contributed by atoms with Crippen LogP contribution in [0.5, 0.6) is 11.5 Å². The molecule has 0 N–H and O–H groups in total. The minimum atomic E-state index is 0.731. The molecule has 0 fully saturated rings. The van der Waals surface area contributed by atoms with Crippen LogP contribution in [-0.2, 0) is 0 Å². The van der Waals surface area contributed by atoms with Crippen LogP contribution in [0.1, 0.15) is 0 Å². The fourth-order valence-electron chi connectivity index (χ4n) is 3.41. The normalized spacial score (nSPS) is 11.4. The molecule has 0 atom stereocenters. The molecule has 140 valence electrons. The van der Waals surface area contributed by atoms with Crippen LogP contribution in [0.15, 0.2) is 89.9 Å². The second kappa shape index (κ2) is 6.35. The van der Waals surface area contributed by atoms with Crippen molar-refractivity contribution in [1.82, 2.24) is 19.6 Å². The molecule has 29 heavy (non-hydrogen) atoms. The Morgan fingerprint density at radius 1 is 0.862 bits per heavy atom. The second-order valence-corrected chi connectivity index (χ2v) is 7.62. The van der Waals surface area contributed by atoms with Crippen LogP contribution in [0.4, 0.5) is 0 Å². The third kappa shape index (κ3) is 2.71. The van der Waals surface area contributed by atoms with E-state index in [1.54, 1.807) is 28.5 Å². The van der Waals surface area contributed by atoms with Crippen molar-refractivity contribution in [1.29, 1.82) is 0 Å². The molecule has 6 nitrogen and oxygen atoms in total. The highest BCUT2D eigenvalue weighted by Gasteiger charge is 2.15. The number of ether oxygens (including phenoxy) is 1. The number of benzene rings is 2. The van der Waals surface area contributed by atoms with Gasteiger partial charge in [0.15, 0.2) is 5.58 Å². The van der Waals surface area contributed by atoms with E-state index in [0.717, 1.165) is 43.4 Å². The van der Waals surface area contributed by atoms with Gasteiger partial charge in [-0.3, -0.25) is 0 Å². The second-order valence-electron chi connectivity index (χ2n) is 6.53. The molecule has 2 aromatic carbocycles. The molecule has 0 unspecified atom stereocenters. The molecular weight excluding hydrogens is 384 g/mol. The molecule has 0 radical (unpaired) electrons. The van der Waals surface area contributed by atoms with E-state index in [-0.39, 0.29) is 0 Å². The van der Waals surface area contributed by atoms with Crippen molar-refractivity contribution in [2.45, 2.75) is 0 Å². The van der Waals surface area contributed by atoms with Gasteiger partial charge in [0.25, 0.3) is 0 Å². The van der Waals surface area contributed by atoms with E-state index < -0.39 is 0 Å². The number of aromatic nitrogens is 4. The average molecular weight is 398 g/mol. The van der Waals surface area contributed by atoms with E-state index in [0.29, 0.717) is 0 Å². The van der Waals surface area contributed by atoms with Crippen molar-refractivity contribution >= 4 is 31.8 Å². The Morgan fingerprint density at radius 3 is 2.52 bits per heavy atom. The number of fused-ring (bicyclic) bond motifs is 3. The van der Waals surface area contributed by atoms with E-state index >= 15 is 0 Å². The fourth-order valence-corrected chi connectivity index (χ4v) is 4.38. The van der Waals surface area contributed by atoms with Gasteiger partial charge in [0.1, 0.15) is 17.0 Å². The van der Waals surface area contributed by atoms with Crippen LogP contribution in [0.25, 0.3) is 31.9 Å². The van der Waals surface area contributed by atoms with E-state index in [4.69, 9.17) is 9.15 Å². The van der Waals surface area contributed by atoms with Crippen molar-refractivity contribution < 1.29 is 9.15 Å². The summed E-state index contributed by atoms with van der Waals surface area (Å²) in [7, 11) is 0. The minimum absolute atomic E-state index is 0.731. The van der Waals surface area contributed by atoms with E-state index in [1.165, 1.54) is 0 Å². The summed E-state index contributed by atoms with van der Waals surface area (Å²) in [5, 5.41) is 8.82. The maximum absolute atomic E-state index is 6.12. The van der Waals surface area contributed by atoms with Gasteiger partial charge in [-0.25, -0.2) is 9.36 Å². The van der Waals surface area contributed by atoms with Gasteiger partial charge in [-0.05, 0) is 36.4 Å². The van der Waals surface area contributed by atoms with Gasteiger partial charge in [-0.2, -0.15) is 10.2 Å². The average Bonchev–Trinajstić information content (AvgIpc) is 3.51. The zero-order chi connectivity index (χ0) is 19.2. The van der Waals surface area contributed by atoms with E-state index in [2.05, 4.69) is 10.2 Å². The van der Waals surface area contributed by atoms with Gasteiger partial charge in [0.05, 0.1) is 33.2 Å². The topological polar surface area (TPSA) is 58.0 Å². The highest BCUT2D eigenvalue weighted by molar-refractivity contribution is 7.25. The first-order valence-electron chi connectivity index (χ1n) is 9.07. The predicted octanol–water partition coefficient (Wildman–Crippen LogP) is 5.81. The van der Waals surface area contributed by atoms with E-state index in [9.17, 15) is 0 Å². The van der Waals surface area contributed by atoms with Crippen LogP contribution in [0, 0.1) is 0 Å². The first-order valence-corrected chi connectivity index (χ1v) is 9.89. The molecular formula is C22H14N4O2S. The summed E-state index contributed by atoms with van der Waals surface area (Å²) in [5.74, 6) is 1.47. The number of nitrogens with zero attached hydrogens (tertiary/aromatic N) is 4. The molecule has 0 bridgehead atoms. The zero-order valence-electron chi connectivity index (χ0n) is 15.1. The van der Waals surface area contributed by atoms with Crippen molar-refractivity contribution in [2.75, 3.05) is 0 Å². The van der Waals surface area contributed by atoms with E-state index in [1.807, 2.05) is 77.7 Å². The molecule has 4 heterocycles.